The van der Waals surface area contributed by atoms with Gasteiger partial charge in [-0.25, -0.2) is 4.68 Å². The molecule has 1 aromatic carbocycles. The van der Waals surface area contributed by atoms with Crippen molar-refractivity contribution in [2.75, 3.05) is 13.1 Å². The molecule has 0 atom stereocenters. The fourth-order valence-electron chi connectivity index (χ4n) is 3.43. The number of rotatable bonds is 3. The fourth-order valence-corrected chi connectivity index (χ4v) is 3.43. The molecule has 0 N–H and O–H groups in total. The van der Waals surface area contributed by atoms with E-state index in [1.54, 1.807) is 6.07 Å². The van der Waals surface area contributed by atoms with Crippen LogP contribution in [0.1, 0.15) is 36.5 Å². The second-order valence-corrected chi connectivity index (χ2v) is 7.53. The maximum absolute atomic E-state index is 12.6. The summed E-state index contributed by atoms with van der Waals surface area (Å²) in [5.74, 6) is 0.636. The number of aryl methyl sites for hydroxylation is 3. The molecule has 5 heteroatoms. The Morgan fingerprint density at radius 3 is 2.42 bits per heavy atom. The number of likely N-dealkylation sites (tertiary alicyclic amines) is 1. The second-order valence-electron chi connectivity index (χ2n) is 7.53. The quantitative estimate of drug-likeness (QED) is 0.852. The summed E-state index contributed by atoms with van der Waals surface area (Å²) in [6, 6.07) is 7.46. The topological polar surface area (TPSA) is 55.2 Å². The van der Waals surface area contributed by atoms with Crippen molar-refractivity contribution in [3.05, 3.63) is 51.3 Å². The highest BCUT2D eigenvalue weighted by molar-refractivity contribution is 5.76. The van der Waals surface area contributed by atoms with Crippen molar-refractivity contribution in [1.82, 2.24) is 14.7 Å². The number of aromatic nitrogens is 2. The van der Waals surface area contributed by atoms with E-state index in [2.05, 4.69) is 38.0 Å². The van der Waals surface area contributed by atoms with Crippen LogP contribution in [0.5, 0.6) is 0 Å². The molecule has 1 fully saturated rings. The van der Waals surface area contributed by atoms with Gasteiger partial charge in [-0.1, -0.05) is 13.0 Å². The summed E-state index contributed by atoms with van der Waals surface area (Å²) in [6.45, 7) is 9.94. The van der Waals surface area contributed by atoms with Crippen LogP contribution in [0.3, 0.4) is 0 Å². The first-order chi connectivity index (χ1) is 12.3. The Kier molecular flexibility index (Phi) is 5.25. The minimum Gasteiger partial charge on any atom is -0.341 e. The van der Waals surface area contributed by atoms with Crippen LogP contribution in [-0.4, -0.2) is 33.7 Å². The summed E-state index contributed by atoms with van der Waals surface area (Å²) >= 11 is 0. The van der Waals surface area contributed by atoms with Gasteiger partial charge in [0.25, 0.3) is 5.56 Å². The van der Waals surface area contributed by atoms with Crippen LogP contribution in [0, 0.1) is 26.7 Å². The zero-order chi connectivity index (χ0) is 18.8. The molecule has 1 amide bonds. The monoisotopic (exact) mass is 353 g/mol. The second kappa shape index (κ2) is 7.44. The van der Waals surface area contributed by atoms with Crippen LogP contribution in [0.4, 0.5) is 0 Å². The first kappa shape index (κ1) is 18.4. The molecule has 0 radical (unpaired) electrons. The highest BCUT2D eigenvalue weighted by Crippen LogP contribution is 2.24. The largest absolute Gasteiger partial charge is 0.341 e. The van der Waals surface area contributed by atoms with Gasteiger partial charge in [-0.2, -0.15) is 5.10 Å². The third-order valence-electron chi connectivity index (χ3n) is 5.40. The summed E-state index contributed by atoms with van der Waals surface area (Å²) in [4.78, 5) is 26.6. The van der Waals surface area contributed by atoms with Gasteiger partial charge in [0.1, 0.15) is 6.54 Å². The van der Waals surface area contributed by atoms with Gasteiger partial charge < -0.3 is 4.90 Å². The molecular formula is C21H27N3O2. The normalized spacial score (nSPS) is 15.3. The molecule has 0 bridgehead atoms. The average Bonchev–Trinajstić information content (AvgIpc) is 2.60. The number of hydrogen-bond acceptors (Lipinski definition) is 3. The van der Waals surface area contributed by atoms with Crippen molar-refractivity contribution in [1.29, 1.82) is 0 Å². The molecule has 1 aromatic heterocycles. The maximum atomic E-state index is 12.6. The van der Waals surface area contributed by atoms with Crippen LogP contribution in [-0.2, 0) is 11.3 Å². The molecule has 2 heterocycles. The van der Waals surface area contributed by atoms with Gasteiger partial charge in [0.15, 0.2) is 0 Å². The van der Waals surface area contributed by atoms with Crippen molar-refractivity contribution >= 4 is 5.91 Å². The molecule has 1 aliphatic rings. The Labute approximate surface area is 154 Å². The van der Waals surface area contributed by atoms with Gasteiger partial charge in [0.2, 0.25) is 5.91 Å². The van der Waals surface area contributed by atoms with Crippen molar-refractivity contribution in [2.45, 2.75) is 47.1 Å². The standard InChI is InChI=1S/C21H27N3O2/c1-14-7-9-23(10-8-14)21(26)13-24-20(25)6-5-19(22-24)18-12-16(3)15(2)11-17(18)4/h5-6,11-12,14H,7-10,13H2,1-4H3. The lowest BCUT2D eigenvalue weighted by molar-refractivity contribution is -0.133. The van der Waals surface area contributed by atoms with E-state index in [9.17, 15) is 9.59 Å². The Morgan fingerprint density at radius 1 is 1.08 bits per heavy atom. The summed E-state index contributed by atoms with van der Waals surface area (Å²) in [6.07, 6.45) is 2.05. The SMILES string of the molecule is Cc1cc(C)c(-c2ccc(=O)n(CC(=O)N3CCC(C)CC3)n2)cc1C. The highest BCUT2D eigenvalue weighted by Gasteiger charge is 2.21. The summed E-state index contributed by atoms with van der Waals surface area (Å²) < 4.78 is 1.30. The predicted octanol–water partition coefficient (Wildman–Crippen LogP) is 3.09. The third kappa shape index (κ3) is 3.87. The van der Waals surface area contributed by atoms with Crippen LogP contribution >= 0.6 is 0 Å². The number of carbonyl (C=O) groups excluding carboxylic acids is 1. The highest BCUT2D eigenvalue weighted by atomic mass is 16.2. The Balaban J connectivity index is 1.85. The van der Waals surface area contributed by atoms with Crippen LogP contribution in [0.2, 0.25) is 0 Å². The maximum Gasteiger partial charge on any atom is 0.267 e. The van der Waals surface area contributed by atoms with Crippen molar-refractivity contribution in [2.24, 2.45) is 5.92 Å². The first-order valence-corrected chi connectivity index (χ1v) is 9.29. The summed E-state index contributed by atoms with van der Waals surface area (Å²) in [7, 11) is 0. The molecule has 138 valence electrons. The van der Waals surface area contributed by atoms with E-state index < -0.39 is 0 Å². The van der Waals surface area contributed by atoms with E-state index in [-0.39, 0.29) is 18.0 Å². The molecule has 1 aliphatic heterocycles. The van der Waals surface area contributed by atoms with E-state index in [4.69, 9.17) is 0 Å². The number of benzene rings is 1. The van der Waals surface area contributed by atoms with E-state index in [0.29, 0.717) is 5.92 Å². The summed E-state index contributed by atoms with van der Waals surface area (Å²) in [5.41, 5.74) is 5.01. The van der Waals surface area contributed by atoms with Gasteiger partial charge >= 0.3 is 0 Å². The van der Waals surface area contributed by atoms with Gasteiger partial charge in [0.05, 0.1) is 5.69 Å². The smallest absolute Gasteiger partial charge is 0.267 e. The van der Waals surface area contributed by atoms with Crippen molar-refractivity contribution in [3.63, 3.8) is 0 Å². The first-order valence-electron chi connectivity index (χ1n) is 9.29. The number of amides is 1. The van der Waals surface area contributed by atoms with E-state index in [1.165, 1.54) is 21.9 Å². The predicted molar refractivity (Wildman–Crippen MR) is 103 cm³/mol. The molecule has 0 saturated carbocycles. The lowest BCUT2D eigenvalue weighted by Gasteiger charge is -2.30. The molecule has 0 unspecified atom stereocenters. The number of piperidine rings is 1. The molecule has 26 heavy (non-hydrogen) atoms. The molecule has 1 saturated heterocycles. The molecule has 0 spiro atoms. The van der Waals surface area contributed by atoms with E-state index in [0.717, 1.165) is 42.8 Å². The van der Waals surface area contributed by atoms with Crippen LogP contribution in [0.25, 0.3) is 11.3 Å². The Bertz CT molecular complexity index is 877. The van der Waals surface area contributed by atoms with Crippen molar-refractivity contribution < 1.29 is 4.79 Å². The van der Waals surface area contributed by atoms with Crippen molar-refractivity contribution in [3.8, 4) is 11.3 Å². The van der Waals surface area contributed by atoms with Gasteiger partial charge in [-0.15, -0.1) is 0 Å². The third-order valence-corrected chi connectivity index (χ3v) is 5.40. The van der Waals surface area contributed by atoms with Crippen LogP contribution < -0.4 is 5.56 Å². The molecular weight excluding hydrogens is 326 g/mol. The fraction of sp³-hybridized carbons (Fsp3) is 0.476. The summed E-state index contributed by atoms with van der Waals surface area (Å²) in [5, 5.41) is 4.48. The number of nitrogens with zero attached hydrogens (tertiary/aromatic N) is 3. The molecule has 2 aromatic rings. The average molecular weight is 353 g/mol. The number of hydrogen-bond donors (Lipinski definition) is 0. The minimum absolute atomic E-state index is 0.00491. The number of carbonyl (C=O) groups is 1. The molecule has 3 rings (SSSR count). The van der Waals surface area contributed by atoms with E-state index in [1.807, 2.05) is 11.8 Å². The van der Waals surface area contributed by atoms with E-state index >= 15 is 0 Å². The van der Waals surface area contributed by atoms with Gasteiger partial charge in [-0.3, -0.25) is 9.59 Å². The van der Waals surface area contributed by atoms with Gasteiger partial charge in [-0.05, 0) is 68.4 Å². The molecule has 5 nitrogen and oxygen atoms in total. The Hall–Kier alpha value is -2.43. The lowest BCUT2D eigenvalue weighted by atomic mass is 9.99. The van der Waals surface area contributed by atoms with Crippen LogP contribution in [0.15, 0.2) is 29.1 Å². The minimum atomic E-state index is -0.242. The lowest BCUT2D eigenvalue weighted by Crippen LogP contribution is -2.41. The van der Waals surface area contributed by atoms with Gasteiger partial charge in [0, 0.05) is 24.7 Å². The zero-order valence-electron chi connectivity index (χ0n) is 16.1. The molecule has 0 aliphatic carbocycles. The Morgan fingerprint density at radius 2 is 1.73 bits per heavy atom. The zero-order valence-corrected chi connectivity index (χ0v) is 16.1.